The molecule has 3 heterocycles. The molecule has 9 heteroatoms. The van der Waals surface area contributed by atoms with Crippen molar-refractivity contribution in [3.05, 3.63) is 29.3 Å². The van der Waals surface area contributed by atoms with E-state index in [0.717, 1.165) is 12.8 Å². The van der Waals surface area contributed by atoms with Crippen LogP contribution in [0.2, 0.25) is 0 Å². The fourth-order valence-corrected chi connectivity index (χ4v) is 3.29. The monoisotopic (exact) mass is 374 g/mol. The van der Waals surface area contributed by atoms with Crippen molar-refractivity contribution < 1.29 is 14.2 Å². The van der Waals surface area contributed by atoms with Crippen molar-refractivity contribution in [2.75, 3.05) is 13.1 Å². The van der Waals surface area contributed by atoms with Crippen LogP contribution in [0.25, 0.3) is 0 Å². The largest absolute Gasteiger partial charge is 0.350 e. The van der Waals surface area contributed by atoms with E-state index in [4.69, 9.17) is 0 Å². The molecule has 27 heavy (non-hydrogen) atoms. The van der Waals surface area contributed by atoms with Crippen molar-refractivity contribution >= 4 is 11.8 Å². The van der Waals surface area contributed by atoms with E-state index < -0.39 is 5.41 Å². The topological polar surface area (TPSA) is 106 Å². The molecule has 3 rings (SSSR count). The predicted molar refractivity (Wildman–Crippen MR) is 96.7 cm³/mol. The third-order valence-electron chi connectivity index (χ3n) is 5.05. The molecule has 2 aromatic heterocycles. The first-order valence-electron chi connectivity index (χ1n) is 9.21. The maximum Gasteiger partial charge on any atom is 0.274 e. The van der Waals surface area contributed by atoms with Crippen LogP contribution in [0, 0.1) is 12.3 Å². The van der Waals surface area contributed by atoms with Gasteiger partial charge < -0.3 is 10.2 Å². The molecule has 1 fully saturated rings. The van der Waals surface area contributed by atoms with E-state index in [2.05, 4.69) is 25.4 Å². The van der Waals surface area contributed by atoms with Crippen LogP contribution in [-0.2, 0) is 11.3 Å². The molecule has 1 aliphatic heterocycles. The summed E-state index contributed by atoms with van der Waals surface area (Å²) < 4.78 is 6.41. The van der Waals surface area contributed by atoms with E-state index in [1.54, 1.807) is 22.6 Å². The zero-order chi connectivity index (χ0) is 19.6. The van der Waals surface area contributed by atoms with Gasteiger partial charge in [0, 0.05) is 25.3 Å². The van der Waals surface area contributed by atoms with Gasteiger partial charge in [0.1, 0.15) is 17.1 Å². The molecule has 1 aliphatic rings. The molecule has 1 saturated heterocycles. The number of rotatable bonds is 5. The molecule has 0 saturated carbocycles. The number of piperidine rings is 1. The van der Waals surface area contributed by atoms with Crippen LogP contribution < -0.4 is 5.32 Å². The first kappa shape index (κ1) is 19.1. The molecule has 0 bridgehead atoms. The van der Waals surface area contributed by atoms with Gasteiger partial charge in [-0.2, -0.15) is 5.10 Å². The van der Waals surface area contributed by atoms with Crippen molar-refractivity contribution in [2.24, 2.45) is 5.41 Å². The Morgan fingerprint density at radius 3 is 2.78 bits per heavy atom. The maximum absolute atomic E-state index is 12.8. The average molecular weight is 374 g/mol. The van der Waals surface area contributed by atoms with Gasteiger partial charge in [-0.3, -0.25) is 14.3 Å². The Bertz CT molecular complexity index is 827. The Balaban J connectivity index is 1.65. The Morgan fingerprint density at radius 1 is 1.37 bits per heavy atom. The summed E-state index contributed by atoms with van der Waals surface area (Å²) >= 11 is 0. The highest BCUT2D eigenvalue weighted by Crippen LogP contribution is 2.30. The minimum Gasteiger partial charge on any atom is -0.350 e. The second kappa shape index (κ2) is 7.50. The second-order valence-electron chi connectivity index (χ2n) is 7.64. The van der Waals surface area contributed by atoms with Crippen molar-refractivity contribution in [2.45, 2.75) is 53.1 Å². The molecule has 1 unspecified atom stereocenters. The molecule has 0 radical (unpaired) electrons. The zero-order valence-corrected chi connectivity index (χ0v) is 16.2. The molecule has 146 valence electrons. The van der Waals surface area contributed by atoms with Crippen molar-refractivity contribution in [1.82, 2.24) is 30.3 Å². The number of hydrogen-bond acceptors (Lipinski definition) is 6. The standard InChI is InChI=1S/C18H26N6O3/c1-12(2)24-9-6-14(20-24)16(25)23-8-5-7-18(4,11-23)17(26)19-10-15-13(3)21-27-22-15/h6,9,12H,5,7-8,10-11H2,1-4H3,(H,19,26). The fraction of sp³-hybridized carbons (Fsp3) is 0.611. The van der Waals surface area contributed by atoms with Gasteiger partial charge in [-0.25, -0.2) is 4.63 Å². The summed E-state index contributed by atoms with van der Waals surface area (Å²) in [6, 6.07) is 1.92. The maximum atomic E-state index is 12.8. The van der Waals surface area contributed by atoms with Crippen LogP contribution in [0.1, 0.15) is 61.5 Å². The molecule has 0 aliphatic carbocycles. The molecule has 1 atom stereocenters. The Hall–Kier alpha value is -2.71. The van der Waals surface area contributed by atoms with Crippen LogP contribution in [0.4, 0.5) is 0 Å². The van der Waals surface area contributed by atoms with Gasteiger partial charge in [0.2, 0.25) is 5.91 Å². The smallest absolute Gasteiger partial charge is 0.274 e. The highest BCUT2D eigenvalue weighted by Gasteiger charge is 2.39. The summed E-state index contributed by atoms with van der Waals surface area (Å²) in [4.78, 5) is 27.3. The van der Waals surface area contributed by atoms with Gasteiger partial charge in [-0.1, -0.05) is 10.3 Å². The summed E-state index contributed by atoms with van der Waals surface area (Å²) in [5, 5.41) is 14.7. The zero-order valence-electron chi connectivity index (χ0n) is 16.2. The van der Waals surface area contributed by atoms with Crippen LogP contribution in [-0.4, -0.2) is 49.9 Å². The van der Waals surface area contributed by atoms with Crippen molar-refractivity contribution in [3.63, 3.8) is 0 Å². The van der Waals surface area contributed by atoms with E-state index in [0.29, 0.717) is 30.2 Å². The molecular weight excluding hydrogens is 348 g/mol. The lowest BCUT2D eigenvalue weighted by molar-refractivity contribution is -0.132. The lowest BCUT2D eigenvalue weighted by atomic mass is 9.80. The van der Waals surface area contributed by atoms with Crippen molar-refractivity contribution in [3.8, 4) is 0 Å². The number of hydrogen-bond donors (Lipinski definition) is 1. The number of aryl methyl sites for hydroxylation is 1. The Morgan fingerprint density at radius 2 is 2.15 bits per heavy atom. The van der Waals surface area contributed by atoms with Gasteiger partial charge in [0.15, 0.2) is 0 Å². The summed E-state index contributed by atoms with van der Waals surface area (Å²) in [6.45, 7) is 8.94. The number of carbonyl (C=O) groups excluding carboxylic acids is 2. The van der Waals surface area contributed by atoms with Gasteiger partial charge in [-0.15, -0.1) is 0 Å². The van der Waals surface area contributed by atoms with Crippen LogP contribution in [0.15, 0.2) is 16.9 Å². The Kier molecular flexibility index (Phi) is 5.29. The van der Waals surface area contributed by atoms with Crippen LogP contribution in [0.3, 0.4) is 0 Å². The normalized spacial score (nSPS) is 20.1. The first-order valence-corrected chi connectivity index (χ1v) is 9.21. The minimum absolute atomic E-state index is 0.102. The number of likely N-dealkylation sites (tertiary alicyclic amines) is 1. The van der Waals surface area contributed by atoms with Gasteiger partial charge in [0.25, 0.3) is 5.91 Å². The van der Waals surface area contributed by atoms with E-state index >= 15 is 0 Å². The van der Waals surface area contributed by atoms with Gasteiger partial charge >= 0.3 is 0 Å². The lowest BCUT2D eigenvalue weighted by Crippen LogP contribution is -2.51. The second-order valence-corrected chi connectivity index (χ2v) is 7.64. The lowest BCUT2D eigenvalue weighted by Gasteiger charge is -2.39. The first-order chi connectivity index (χ1) is 12.8. The summed E-state index contributed by atoms with van der Waals surface area (Å²) in [6.07, 6.45) is 3.30. The van der Waals surface area contributed by atoms with Gasteiger partial charge in [0.05, 0.1) is 12.0 Å². The predicted octanol–water partition coefficient (Wildman–Crippen LogP) is 1.71. The van der Waals surface area contributed by atoms with E-state index in [-0.39, 0.29) is 24.4 Å². The summed E-state index contributed by atoms with van der Waals surface area (Å²) in [5.74, 6) is -0.236. The third-order valence-corrected chi connectivity index (χ3v) is 5.05. The number of aromatic nitrogens is 4. The highest BCUT2D eigenvalue weighted by atomic mass is 16.6. The third kappa shape index (κ3) is 4.01. The van der Waals surface area contributed by atoms with Crippen LogP contribution in [0.5, 0.6) is 0 Å². The quantitative estimate of drug-likeness (QED) is 0.854. The SMILES string of the molecule is Cc1nonc1CNC(=O)C1(C)CCCN(C(=O)c2ccn(C(C)C)n2)C1. The number of carbonyl (C=O) groups is 2. The van der Waals surface area contributed by atoms with Crippen molar-refractivity contribution in [1.29, 1.82) is 0 Å². The molecule has 2 amide bonds. The Labute approximate surface area is 158 Å². The number of nitrogens with zero attached hydrogens (tertiary/aromatic N) is 5. The van der Waals surface area contributed by atoms with E-state index in [1.807, 2.05) is 27.0 Å². The minimum atomic E-state index is -0.653. The fourth-order valence-electron chi connectivity index (χ4n) is 3.29. The molecular formula is C18H26N6O3. The van der Waals surface area contributed by atoms with Crippen LogP contribution >= 0.6 is 0 Å². The molecule has 2 aromatic rings. The summed E-state index contributed by atoms with van der Waals surface area (Å²) in [7, 11) is 0. The van der Waals surface area contributed by atoms with E-state index in [1.165, 1.54) is 0 Å². The number of amides is 2. The molecule has 0 spiro atoms. The number of nitrogens with one attached hydrogen (secondary N) is 1. The van der Waals surface area contributed by atoms with E-state index in [9.17, 15) is 9.59 Å². The van der Waals surface area contributed by atoms with Gasteiger partial charge in [-0.05, 0) is 46.6 Å². The highest BCUT2D eigenvalue weighted by molar-refractivity contribution is 5.93. The summed E-state index contributed by atoms with van der Waals surface area (Å²) in [5.41, 5.74) is 1.02. The molecule has 9 nitrogen and oxygen atoms in total. The average Bonchev–Trinajstić information content (AvgIpc) is 3.28. The molecule has 1 N–H and O–H groups in total. The molecule has 0 aromatic carbocycles.